The summed E-state index contributed by atoms with van der Waals surface area (Å²) in [5.41, 5.74) is 7.29. The minimum absolute atomic E-state index is 0.709. The second-order valence-electron chi connectivity index (χ2n) is 5.87. The smallest absolute Gasteiger partial charge is 0.0223 e. The van der Waals surface area contributed by atoms with Crippen LogP contribution in [0.3, 0.4) is 0 Å². The molecule has 1 unspecified atom stereocenters. The van der Waals surface area contributed by atoms with Crippen molar-refractivity contribution in [1.82, 2.24) is 9.88 Å². The van der Waals surface area contributed by atoms with Crippen LogP contribution in [0.5, 0.6) is 0 Å². The molecule has 0 amide bonds. The first-order valence-corrected chi connectivity index (χ1v) is 7.64. The number of rotatable bonds is 5. The predicted molar refractivity (Wildman–Crippen MR) is 84.2 cm³/mol. The Kier molecular flexibility index (Phi) is 3.66. The van der Waals surface area contributed by atoms with Crippen LogP contribution in [0.15, 0.2) is 30.3 Å². The molecule has 1 aliphatic carbocycles. The van der Waals surface area contributed by atoms with Crippen molar-refractivity contribution in [3.8, 4) is 0 Å². The van der Waals surface area contributed by atoms with Gasteiger partial charge in [0.1, 0.15) is 0 Å². The zero-order valence-electron chi connectivity index (χ0n) is 12.7. The van der Waals surface area contributed by atoms with E-state index in [0.717, 1.165) is 19.6 Å². The summed E-state index contributed by atoms with van der Waals surface area (Å²) in [5, 5.41) is 3.64. The topological polar surface area (TPSA) is 17.0 Å². The minimum atomic E-state index is 0.709. The maximum Gasteiger partial charge on any atom is 0.0223 e. The van der Waals surface area contributed by atoms with Gasteiger partial charge in [0, 0.05) is 36.9 Å². The van der Waals surface area contributed by atoms with Crippen molar-refractivity contribution in [2.24, 2.45) is 0 Å². The van der Waals surface area contributed by atoms with Crippen LogP contribution in [-0.2, 0) is 19.5 Å². The molecule has 0 spiro atoms. The quantitative estimate of drug-likeness (QED) is 0.877. The van der Waals surface area contributed by atoms with Crippen LogP contribution in [0.2, 0.25) is 0 Å². The highest BCUT2D eigenvalue weighted by Crippen LogP contribution is 2.34. The molecule has 3 rings (SSSR count). The van der Waals surface area contributed by atoms with Gasteiger partial charge in [-0.15, -0.1) is 0 Å². The summed E-state index contributed by atoms with van der Waals surface area (Å²) in [6, 6.07) is 11.1. The molecule has 1 heterocycles. The van der Waals surface area contributed by atoms with Crippen molar-refractivity contribution in [2.75, 3.05) is 6.54 Å². The number of hydrogen-bond donors (Lipinski definition) is 1. The summed E-state index contributed by atoms with van der Waals surface area (Å²) in [7, 11) is 0. The molecular weight excluding hydrogens is 244 g/mol. The third-order valence-corrected chi connectivity index (χ3v) is 4.66. The lowest BCUT2D eigenvalue weighted by Crippen LogP contribution is -2.28. The largest absolute Gasteiger partial charge is 0.349 e. The van der Waals surface area contributed by atoms with Crippen molar-refractivity contribution in [3.05, 3.63) is 58.4 Å². The molecule has 2 heteroatoms. The number of aryl methyl sites for hydroxylation is 1. The zero-order valence-corrected chi connectivity index (χ0v) is 12.7. The van der Waals surface area contributed by atoms with Crippen LogP contribution in [0.25, 0.3) is 0 Å². The standard InChI is InChI=1S/C18H24N2/c1-4-20-13(2)9-16(14(20)3)11-19-12-17-10-15-7-5-6-8-18(15)17/h5-9,17,19H,4,10-12H2,1-3H3. The van der Waals surface area contributed by atoms with Gasteiger partial charge in [-0.2, -0.15) is 0 Å². The Labute approximate surface area is 121 Å². The van der Waals surface area contributed by atoms with Crippen molar-refractivity contribution >= 4 is 0 Å². The number of nitrogens with one attached hydrogen (secondary N) is 1. The van der Waals surface area contributed by atoms with Gasteiger partial charge < -0.3 is 9.88 Å². The summed E-state index contributed by atoms with van der Waals surface area (Å²) in [6.45, 7) is 9.77. The van der Waals surface area contributed by atoms with Gasteiger partial charge in [0.15, 0.2) is 0 Å². The molecule has 1 atom stereocenters. The average Bonchev–Trinajstić information content (AvgIpc) is 2.69. The number of benzene rings is 1. The SMILES string of the molecule is CCn1c(C)cc(CNCC2Cc3ccccc32)c1C. The molecule has 2 aromatic rings. The summed E-state index contributed by atoms with van der Waals surface area (Å²) in [4.78, 5) is 0. The molecular formula is C18H24N2. The van der Waals surface area contributed by atoms with Gasteiger partial charge in [-0.05, 0) is 49.9 Å². The van der Waals surface area contributed by atoms with Crippen molar-refractivity contribution in [3.63, 3.8) is 0 Å². The van der Waals surface area contributed by atoms with Gasteiger partial charge in [0.25, 0.3) is 0 Å². The Bertz CT molecular complexity index is 610. The molecule has 0 bridgehead atoms. The Balaban J connectivity index is 1.57. The zero-order chi connectivity index (χ0) is 14.1. The number of aromatic nitrogens is 1. The first-order valence-electron chi connectivity index (χ1n) is 7.64. The predicted octanol–water partition coefficient (Wildman–Crippen LogP) is 3.55. The van der Waals surface area contributed by atoms with Crippen LogP contribution < -0.4 is 5.32 Å². The number of fused-ring (bicyclic) bond motifs is 1. The molecule has 20 heavy (non-hydrogen) atoms. The first-order chi connectivity index (χ1) is 9.70. The van der Waals surface area contributed by atoms with Crippen molar-refractivity contribution < 1.29 is 0 Å². The van der Waals surface area contributed by atoms with E-state index in [0.29, 0.717) is 5.92 Å². The summed E-state index contributed by atoms with van der Waals surface area (Å²) in [6.07, 6.45) is 1.23. The van der Waals surface area contributed by atoms with E-state index in [4.69, 9.17) is 0 Å². The van der Waals surface area contributed by atoms with Crippen LogP contribution >= 0.6 is 0 Å². The molecule has 0 radical (unpaired) electrons. The second kappa shape index (κ2) is 5.45. The molecule has 1 N–H and O–H groups in total. The van der Waals surface area contributed by atoms with Gasteiger partial charge in [-0.25, -0.2) is 0 Å². The molecule has 0 aliphatic heterocycles. The summed E-state index contributed by atoms with van der Waals surface area (Å²) in [5.74, 6) is 0.709. The Morgan fingerprint density at radius 1 is 1.25 bits per heavy atom. The van der Waals surface area contributed by atoms with Gasteiger partial charge >= 0.3 is 0 Å². The van der Waals surface area contributed by atoms with E-state index in [1.165, 1.54) is 28.9 Å². The van der Waals surface area contributed by atoms with Gasteiger partial charge in [-0.1, -0.05) is 24.3 Å². The number of hydrogen-bond acceptors (Lipinski definition) is 1. The van der Waals surface area contributed by atoms with E-state index >= 15 is 0 Å². The highest BCUT2D eigenvalue weighted by Gasteiger charge is 2.24. The van der Waals surface area contributed by atoms with Gasteiger partial charge in [-0.3, -0.25) is 0 Å². The van der Waals surface area contributed by atoms with E-state index < -0.39 is 0 Å². The average molecular weight is 268 g/mol. The lowest BCUT2D eigenvalue weighted by molar-refractivity contribution is 0.534. The number of nitrogens with zero attached hydrogens (tertiary/aromatic N) is 1. The Morgan fingerprint density at radius 2 is 2.05 bits per heavy atom. The van der Waals surface area contributed by atoms with E-state index in [2.05, 4.69) is 61.0 Å². The molecule has 1 aliphatic rings. The van der Waals surface area contributed by atoms with Gasteiger partial charge in [0.05, 0.1) is 0 Å². The van der Waals surface area contributed by atoms with Gasteiger partial charge in [0.2, 0.25) is 0 Å². The highest BCUT2D eigenvalue weighted by atomic mass is 15.0. The second-order valence-corrected chi connectivity index (χ2v) is 5.87. The van der Waals surface area contributed by atoms with E-state index in [1.807, 2.05) is 0 Å². The van der Waals surface area contributed by atoms with E-state index in [-0.39, 0.29) is 0 Å². The summed E-state index contributed by atoms with van der Waals surface area (Å²) >= 11 is 0. The van der Waals surface area contributed by atoms with Crippen molar-refractivity contribution in [2.45, 2.75) is 46.2 Å². The third-order valence-electron chi connectivity index (χ3n) is 4.66. The maximum absolute atomic E-state index is 3.64. The van der Waals surface area contributed by atoms with E-state index in [9.17, 15) is 0 Å². The molecule has 0 saturated heterocycles. The van der Waals surface area contributed by atoms with Crippen LogP contribution in [-0.4, -0.2) is 11.1 Å². The molecule has 1 aromatic heterocycles. The highest BCUT2D eigenvalue weighted by molar-refractivity contribution is 5.40. The molecule has 2 nitrogen and oxygen atoms in total. The Hall–Kier alpha value is -1.54. The minimum Gasteiger partial charge on any atom is -0.349 e. The maximum atomic E-state index is 3.64. The molecule has 106 valence electrons. The lowest BCUT2D eigenvalue weighted by Gasteiger charge is -2.30. The molecule has 0 saturated carbocycles. The van der Waals surface area contributed by atoms with Crippen LogP contribution in [0, 0.1) is 13.8 Å². The van der Waals surface area contributed by atoms with Crippen LogP contribution in [0.1, 0.15) is 40.9 Å². The van der Waals surface area contributed by atoms with E-state index in [1.54, 1.807) is 5.56 Å². The lowest BCUT2D eigenvalue weighted by atomic mass is 9.77. The molecule has 0 fully saturated rings. The monoisotopic (exact) mass is 268 g/mol. The normalized spacial score (nSPS) is 16.9. The fourth-order valence-corrected chi connectivity index (χ4v) is 3.46. The molecule has 1 aromatic carbocycles. The third kappa shape index (κ3) is 2.29. The first kappa shape index (κ1) is 13.4. The van der Waals surface area contributed by atoms with Crippen LogP contribution in [0.4, 0.5) is 0 Å². The van der Waals surface area contributed by atoms with Crippen molar-refractivity contribution in [1.29, 1.82) is 0 Å². The fraction of sp³-hybridized carbons (Fsp3) is 0.444. The Morgan fingerprint density at radius 3 is 2.75 bits per heavy atom. The summed E-state index contributed by atoms with van der Waals surface area (Å²) < 4.78 is 2.38. The fourth-order valence-electron chi connectivity index (χ4n) is 3.46.